The van der Waals surface area contributed by atoms with Gasteiger partial charge in [0.2, 0.25) is 0 Å². The molecule has 158 valence electrons. The molecule has 1 aromatic heterocycles. The highest BCUT2D eigenvalue weighted by Crippen LogP contribution is 2.28. The molecule has 0 radical (unpaired) electrons. The van der Waals surface area contributed by atoms with Gasteiger partial charge in [-0.15, -0.1) is 0 Å². The van der Waals surface area contributed by atoms with Crippen molar-refractivity contribution in [2.24, 2.45) is 0 Å². The van der Waals surface area contributed by atoms with Crippen LogP contribution in [0.5, 0.6) is 11.5 Å². The van der Waals surface area contributed by atoms with E-state index in [1.165, 1.54) is 5.56 Å². The molecule has 0 fully saturated rings. The Hall–Kier alpha value is -3.41. The maximum Gasteiger partial charge on any atom is 0.322 e. The fourth-order valence-corrected chi connectivity index (χ4v) is 3.14. The van der Waals surface area contributed by atoms with E-state index in [0.29, 0.717) is 36.3 Å². The minimum absolute atomic E-state index is 0.210. The summed E-state index contributed by atoms with van der Waals surface area (Å²) in [5.41, 5.74) is 2.90. The average molecular weight is 408 g/mol. The van der Waals surface area contributed by atoms with E-state index in [1.807, 2.05) is 54.6 Å². The van der Waals surface area contributed by atoms with Crippen LogP contribution >= 0.6 is 0 Å². The number of benzene rings is 2. The molecule has 3 aromatic rings. The van der Waals surface area contributed by atoms with Gasteiger partial charge in [-0.2, -0.15) is 0 Å². The predicted octanol–water partition coefficient (Wildman–Crippen LogP) is 5.65. The number of carbonyl (C=O) groups excluding carboxylic acids is 1. The number of urea groups is 1. The summed E-state index contributed by atoms with van der Waals surface area (Å²) in [6.45, 7) is 5.01. The van der Waals surface area contributed by atoms with Crippen LogP contribution in [-0.4, -0.2) is 25.2 Å². The zero-order chi connectivity index (χ0) is 21.5. The molecule has 2 amide bonds. The Morgan fingerprint density at radius 1 is 1.00 bits per heavy atom. The van der Waals surface area contributed by atoms with Gasteiger partial charge in [-0.3, -0.25) is 0 Å². The minimum atomic E-state index is -0.210. The summed E-state index contributed by atoms with van der Waals surface area (Å²) in [5, 5.41) is 2.98. The normalized spacial score (nSPS) is 10.7. The molecule has 6 heteroatoms. The number of anilines is 1. The van der Waals surface area contributed by atoms with Gasteiger partial charge in [0, 0.05) is 12.2 Å². The third-order valence-corrected chi connectivity index (χ3v) is 4.86. The molecule has 0 unspecified atom stereocenters. The van der Waals surface area contributed by atoms with Gasteiger partial charge >= 0.3 is 6.03 Å². The molecule has 1 heterocycles. The van der Waals surface area contributed by atoms with Crippen LogP contribution in [0.25, 0.3) is 0 Å². The molecule has 0 saturated heterocycles. The molecule has 0 saturated carbocycles. The van der Waals surface area contributed by atoms with E-state index in [-0.39, 0.29) is 6.03 Å². The first-order chi connectivity index (χ1) is 14.5. The van der Waals surface area contributed by atoms with Gasteiger partial charge in [0.05, 0.1) is 27.0 Å². The molecule has 6 nitrogen and oxygen atoms in total. The number of amides is 2. The van der Waals surface area contributed by atoms with Crippen molar-refractivity contribution in [1.29, 1.82) is 0 Å². The van der Waals surface area contributed by atoms with E-state index >= 15 is 0 Å². The number of ether oxygens (including phenoxy) is 2. The molecule has 0 aliphatic rings. The number of furan rings is 1. The van der Waals surface area contributed by atoms with E-state index in [4.69, 9.17) is 13.9 Å². The number of rotatable bonds is 8. The summed E-state index contributed by atoms with van der Waals surface area (Å²) in [7, 11) is 3.19. The SMILES string of the molecule is COc1ccc(CN(Cc2ccco2)C(=O)Nc2ccc(C(C)C)cc2)cc1OC. The van der Waals surface area contributed by atoms with Crippen LogP contribution in [0.1, 0.15) is 36.7 Å². The molecular formula is C24H28N2O4. The maximum absolute atomic E-state index is 13.1. The summed E-state index contributed by atoms with van der Waals surface area (Å²) in [5.74, 6) is 2.42. The molecular weight excluding hydrogens is 380 g/mol. The fraction of sp³-hybridized carbons (Fsp3) is 0.292. The molecule has 0 aliphatic carbocycles. The first-order valence-electron chi connectivity index (χ1n) is 9.89. The monoisotopic (exact) mass is 408 g/mol. The topological polar surface area (TPSA) is 63.9 Å². The maximum atomic E-state index is 13.1. The Kier molecular flexibility index (Phi) is 7.01. The lowest BCUT2D eigenvalue weighted by atomic mass is 10.0. The molecule has 1 N–H and O–H groups in total. The minimum Gasteiger partial charge on any atom is -0.493 e. The van der Waals surface area contributed by atoms with Crippen LogP contribution in [0, 0.1) is 0 Å². The Morgan fingerprint density at radius 2 is 1.73 bits per heavy atom. The number of hydrogen-bond acceptors (Lipinski definition) is 4. The number of nitrogens with zero attached hydrogens (tertiary/aromatic N) is 1. The largest absolute Gasteiger partial charge is 0.493 e. The first-order valence-corrected chi connectivity index (χ1v) is 9.89. The van der Waals surface area contributed by atoms with Crippen molar-refractivity contribution in [3.8, 4) is 11.5 Å². The Morgan fingerprint density at radius 3 is 2.33 bits per heavy atom. The van der Waals surface area contributed by atoms with Crippen LogP contribution in [0.3, 0.4) is 0 Å². The predicted molar refractivity (Wildman–Crippen MR) is 117 cm³/mol. The van der Waals surface area contributed by atoms with Gasteiger partial charge in [-0.05, 0) is 53.4 Å². The molecule has 0 aliphatic heterocycles. The highest BCUT2D eigenvalue weighted by Gasteiger charge is 2.17. The van der Waals surface area contributed by atoms with Gasteiger partial charge in [0.1, 0.15) is 5.76 Å². The summed E-state index contributed by atoms with van der Waals surface area (Å²) in [6, 6.07) is 17.0. The van der Waals surface area contributed by atoms with Crippen LogP contribution in [0.4, 0.5) is 10.5 Å². The number of carbonyl (C=O) groups is 1. The Labute approximate surface area is 177 Å². The summed E-state index contributed by atoms with van der Waals surface area (Å²) < 4.78 is 16.1. The number of nitrogens with one attached hydrogen (secondary N) is 1. The molecule has 0 atom stereocenters. The third-order valence-electron chi connectivity index (χ3n) is 4.86. The zero-order valence-electron chi connectivity index (χ0n) is 17.8. The molecule has 30 heavy (non-hydrogen) atoms. The van der Waals surface area contributed by atoms with Crippen molar-refractivity contribution in [3.63, 3.8) is 0 Å². The van der Waals surface area contributed by atoms with E-state index in [0.717, 1.165) is 11.3 Å². The summed E-state index contributed by atoms with van der Waals surface area (Å²) in [6.07, 6.45) is 1.60. The van der Waals surface area contributed by atoms with Crippen molar-refractivity contribution in [2.45, 2.75) is 32.9 Å². The lowest BCUT2D eigenvalue weighted by molar-refractivity contribution is 0.201. The lowest BCUT2D eigenvalue weighted by Crippen LogP contribution is -2.34. The molecule has 2 aromatic carbocycles. The Balaban J connectivity index is 1.78. The second kappa shape index (κ2) is 9.87. The quantitative estimate of drug-likeness (QED) is 0.523. The van der Waals surface area contributed by atoms with Crippen LogP contribution in [0.15, 0.2) is 65.3 Å². The van der Waals surface area contributed by atoms with Gasteiger partial charge in [0.15, 0.2) is 11.5 Å². The van der Waals surface area contributed by atoms with Crippen molar-refractivity contribution < 1.29 is 18.7 Å². The van der Waals surface area contributed by atoms with Gasteiger partial charge < -0.3 is 24.1 Å². The van der Waals surface area contributed by atoms with Crippen molar-refractivity contribution in [2.75, 3.05) is 19.5 Å². The Bertz CT molecular complexity index is 950. The standard InChI is InChI=1S/C24H28N2O4/c1-17(2)19-8-10-20(11-9-19)25-24(27)26(16-21-6-5-13-30-21)15-18-7-12-22(28-3)23(14-18)29-4/h5-14,17H,15-16H2,1-4H3,(H,25,27). The molecule has 0 bridgehead atoms. The third kappa shape index (κ3) is 5.35. The van der Waals surface area contributed by atoms with Crippen molar-refractivity contribution in [3.05, 3.63) is 77.7 Å². The summed E-state index contributed by atoms with van der Waals surface area (Å²) >= 11 is 0. The average Bonchev–Trinajstić information content (AvgIpc) is 3.26. The van der Waals surface area contributed by atoms with Crippen LogP contribution < -0.4 is 14.8 Å². The smallest absolute Gasteiger partial charge is 0.322 e. The van der Waals surface area contributed by atoms with Gasteiger partial charge in [0.25, 0.3) is 0 Å². The van der Waals surface area contributed by atoms with E-state index in [2.05, 4.69) is 19.2 Å². The van der Waals surface area contributed by atoms with Crippen LogP contribution in [-0.2, 0) is 13.1 Å². The number of hydrogen-bond donors (Lipinski definition) is 1. The van der Waals surface area contributed by atoms with E-state index in [9.17, 15) is 4.79 Å². The highest BCUT2D eigenvalue weighted by molar-refractivity contribution is 5.89. The second-order valence-electron chi connectivity index (χ2n) is 7.33. The molecule has 0 spiro atoms. The highest BCUT2D eigenvalue weighted by atomic mass is 16.5. The first kappa shape index (κ1) is 21.3. The van der Waals surface area contributed by atoms with Gasteiger partial charge in [-0.1, -0.05) is 32.0 Å². The second-order valence-corrected chi connectivity index (χ2v) is 7.33. The van der Waals surface area contributed by atoms with Crippen molar-refractivity contribution in [1.82, 2.24) is 4.90 Å². The zero-order valence-corrected chi connectivity index (χ0v) is 17.8. The number of methoxy groups -OCH3 is 2. The van der Waals surface area contributed by atoms with Crippen molar-refractivity contribution >= 4 is 11.7 Å². The summed E-state index contributed by atoms with van der Waals surface area (Å²) in [4.78, 5) is 14.7. The van der Waals surface area contributed by atoms with Crippen LogP contribution in [0.2, 0.25) is 0 Å². The van der Waals surface area contributed by atoms with E-state index in [1.54, 1.807) is 25.4 Å². The van der Waals surface area contributed by atoms with Gasteiger partial charge in [-0.25, -0.2) is 4.79 Å². The fourth-order valence-electron chi connectivity index (χ4n) is 3.14. The van der Waals surface area contributed by atoms with E-state index < -0.39 is 0 Å². The lowest BCUT2D eigenvalue weighted by Gasteiger charge is -2.23. The molecule has 3 rings (SSSR count).